The second kappa shape index (κ2) is 2.22. The highest BCUT2D eigenvalue weighted by molar-refractivity contribution is 4.89. The van der Waals surface area contributed by atoms with Gasteiger partial charge in [0.25, 0.3) is 0 Å². The van der Waals surface area contributed by atoms with Crippen LogP contribution in [0.15, 0.2) is 0 Å². The normalized spacial score (nSPS) is 42.7. The van der Waals surface area contributed by atoms with Gasteiger partial charge < -0.3 is 5.32 Å². The maximum atomic E-state index is 3.39. The lowest BCUT2D eigenvalue weighted by molar-refractivity contribution is 0.342. The largest absolute Gasteiger partial charge is 0.309 e. The van der Waals surface area contributed by atoms with E-state index in [1.807, 2.05) is 0 Å². The molecule has 2 unspecified atom stereocenters. The van der Waals surface area contributed by atoms with E-state index in [1.165, 1.54) is 0 Å². The number of hydrogen-bond donors (Lipinski definition) is 4. The van der Waals surface area contributed by atoms with Crippen LogP contribution in [-0.4, -0.2) is 31.8 Å². The van der Waals surface area contributed by atoms with Crippen LogP contribution in [0.1, 0.15) is 0 Å². The molecule has 0 radical (unpaired) electrons. The summed E-state index contributed by atoms with van der Waals surface area (Å²) in [6.07, 6.45) is 0.443. The smallest absolute Gasteiger partial charge is 0.0872 e. The summed E-state index contributed by atoms with van der Waals surface area (Å²) in [5.41, 5.74) is 6.22. The fraction of sp³-hybridized carbons (Fsp3) is 1.00. The van der Waals surface area contributed by atoms with E-state index in [4.69, 9.17) is 0 Å². The molecule has 2 fully saturated rings. The highest BCUT2D eigenvalue weighted by Gasteiger charge is 2.27. The number of hydrogen-bond acceptors (Lipinski definition) is 4. The van der Waals surface area contributed by atoms with Gasteiger partial charge in [0.15, 0.2) is 0 Å². The van der Waals surface area contributed by atoms with Gasteiger partial charge >= 0.3 is 0 Å². The lowest BCUT2D eigenvalue weighted by Crippen LogP contribution is -2.58. The van der Waals surface area contributed by atoms with Crippen molar-refractivity contribution in [3.63, 3.8) is 0 Å². The molecule has 0 aromatic carbocycles. The van der Waals surface area contributed by atoms with Crippen LogP contribution in [0.5, 0.6) is 0 Å². The number of piperazine rings is 1. The van der Waals surface area contributed by atoms with Gasteiger partial charge in [-0.05, 0) is 0 Å². The van der Waals surface area contributed by atoms with E-state index in [9.17, 15) is 0 Å². The van der Waals surface area contributed by atoms with Gasteiger partial charge in [0.1, 0.15) is 0 Å². The van der Waals surface area contributed by atoms with Crippen LogP contribution in [0.3, 0.4) is 0 Å². The van der Waals surface area contributed by atoms with Crippen LogP contribution >= 0.6 is 0 Å². The number of fused-ring (bicyclic) bond motifs is 1. The molecular weight excluding hydrogens is 116 g/mol. The molecule has 0 spiro atoms. The van der Waals surface area contributed by atoms with Crippen molar-refractivity contribution in [3.05, 3.63) is 0 Å². The summed E-state index contributed by atoms with van der Waals surface area (Å²) in [5, 5.41) is 6.74. The number of nitrogens with one attached hydrogen (secondary N) is 4. The summed E-state index contributed by atoms with van der Waals surface area (Å²) >= 11 is 0. The third-order valence-electron chi connectivity index (χ3n) is 1.88. The van der Waals surface area contributed by atoms with Gasteiger partial charge in [0.2, 0.25) is 0 Å². The Balaban J connectivity index is 1.97. The molecule has 9 heavy (non-hydrogen) atoms. The Kier molecular flexibility index (Phi) is 1.39. The zero-order chi connectivity index (χ0) is 6.10. The molecule has 4 nitrogen and oxygen atoms in total. The number of rotatable bonds is 0. The van der Waals surface area contributed by atoms with E-state index in [0.717, 1.165) is 19.6 Å². The van der Waals surface area contributed by atoms with E-state index in [0.29, 0.717) is 12.2 Å². The van der Waals surface area contributed by atoms with Crippen LogP contribution in [0.25, 0.3) is 0 Å². The Morgan fingerprint density at radius 3 is 2.89 bits per heavy atom. The molecular formula is C5H12N4. The van der Waals surface area contributed by atoms with Crippen molar-refractivity contribution in [2.75, 3.05) is 19.6 Å². The molecule has 0 amide bonds. The standard InChI is InChI=1S/C5H12N4/c1-2-7-5-4(6-1)3-8-9-5/h4-9H,1-3H2. The van der Waals surface area contributed by atoms with Gasteiger partial charge in [-0.3, -0.25) is 10.7 Å². The van der Waals surface area contributed by atoms with Crippen molar-refractivity contribution < 1.29 is 0 Å². The molecule has 2 saturated heterocycles. The van der Waals surface area contributed by atoms with Crippen LogP contribution in [0.2, 0.25) is 0 Å². The van der Waals surface area contributed by atoms with Crippen molar-refractivity contribution in [2.24, 2.45) is 0 Å². The molecule has 2 heterocycles. The SMILES string of the molecule is C1CNC2NNCC2N1. The van der Waals surface area contributed by atoms with Gasteiger partial charge in [-0.2, -0.15) is 0 Å². The summed E-state index contributed by atoms with van der Waals surface area (Å²) in [6.45, 7) is 3.18. The highest BCUT2D eigenvalue weighted by Crippen LogP contribution is 1.96. The molecule has 2 aliphatic heterocycles. The lowest BCUT2D eigenvalue weighted by Gasteiger charge is -2.26. The first-order valence-electron chi connectivity index (χ1n) is 3.42. The summed E-state index contributed by atoms with van der Waals surface area (Å²) in [4.78, 5) is 0. The first-order valence-corrected chi connectivity index (χ1v) is 3.42. The van der Waals surface area contributed by atoms with Crippen molar-refractivity contribution >= 4 is 0 Å². The van der Waals surface area contributed by atoms with Gasteiger partial charge in [-0.25, -0.2) is 5.43 Å². The Morgan fingerprint density at radius 1 is 1.11 bits per heavy atom. The van der Waals surface area contributed by atoms with Gasteiger partial charge in [0, 0.05) is 19.6 Å². The predicted molar refractivity (Wildman–Crippen MR) is 34.7 cm³/mol. The van der Waals surface area contributed by atoms with Gasteiger partial charge in [-0.15, -0.1) is 0 Å². The van der Waals surface area contributed by atoms with Crippen molar-refractivity contribution in [2.45, 2.75) is 12.2 Å². The minimum Gasteiger partial charge on any atom is -0.309 e. The maximum Gasteiger partial charge on any atom is 0.0872 e. The van der Waals surface area contributed by atoms with Crippen LogP contribution in [-0.2, 0) is 0 Å². The number of hydrazine groups is 1. The fourth-order valence-corrected chi connectivity index (χ4v) is 1.37. The summed E-state index contributed by atoms with van der Waals surface area (Å²) in [6, 6.07) is 0.582. The van der Waals surface area contributed by atoms with Crippen molar-refractivity contribution in [3.8, 4) is 0 Å². The fourth-order valence-electron chi connectivity index (χ4n) is 1.37. The van der Waals surface area contributed by atoms with Crippen LogP contribution in [0.4, 0.5) is 0 Å². The zero-order valence-corrected chi connectivity index (χ0v) is 5.28. The average molecular weight is 128 g/mol. The van der Waals surface area contributed by atoms with Crippen LogP contribution < -0.4 is 21.5 Å². The lowest BCUT2D eigenvalue weighted by atomic mass is 10.2. The molecule has 2 aliphatic rings. The summed E-state index contributed by atoms with van der Waals surface area (Å²) in [7, 11) is 0. The third kappa shape index (κ3) is 0.943. The van der Waals surface area contributed by atoms with E-state index in [-0.39, 0.29) is 0 Å². The van der Waals surface area contributed by atoms with Crippen molar-refractivity contribution in [1.29, 1.82) is 0 Å². The zero-order valence-electron chi connectivity index (χ0n) is 5.28. The second-order valence-electron chi connectivity index (χ2n) is 2.52. The first kappa shape index (κ1) is 5.61. The van der Waals surface area contributed by atoms with E-state index < -0.39 is 0 Å². The third-order valence-corrected chi connectivity index (χ3v) is 1.88. The van der Waals surface area contributed by atoms with E-state index in [1.54, 1.807) is 0 Å². The molecule has 0 saturated carbocycles. The molecule has 4 heteroatoms. The molecule has 0 aromatic rings. The van der Waals surface area contributed by atoms with Crippen LogP contribution in [0, 0.1) is 0 Å². The molecule has 0 aromatic heterocycles. The first-order chi connectivity index (χ1) is 4.47. The maximum absolute atomic E-state index is 3.39. The van der Waals surface area contributed by atoms with Gasteiger partial charge in [-0.1, -0.05) is 0 Å². The van der Waals surface area contributed by atoms with Crippen molar-refractivity contribution in [1.82, 2.24) is 21.5 Å². The quantitative estimate of drug-likeness (QED) is 0.304. The second-order valence-corrected chi connectivity index (χ2v) is 2.52. The Bertz CT molecular complexity index is 93.1. The molecule has 0 aliphatic carbocycles. The molecule has 0 bridgehead atoms. The van der Waals surface area contributed by atoms with E-state index in [2.05, 4.69) is 21.5 Å². The van der Waals surface area contributed by atoms with E-state index >= 15 is 0 Å². The van der Waals surface area contributed by atoms with Gasteiger partial charge in [0.05, 0.1) is 12.2 Å². The molecule has 52 valence electrons. The minimum absolute atomic E-state index is 0.443. The Labute approximate surface area is 54.4 Å². The minimum atomic E-state index is 0.443. The Morgan fingerprint density at radius 2 is 2.00 bits per heavy atom. The summed E-state index contributed by atoms with van der Waals surface area (Å²) < 4.78 is 0. The highest BCUT2D eigenvalue weighted by atomic mass is 15.5. The topological polar surface area (TPSA) is 48.1 Å². The average Bonchev–Trinajstić information content (AvgIpc) is 2.33. The Hall–Kier alpha value is -0.160. The monoisotopic (exact) mass is 128 g/mol. The summed E-state index contributed by atoms with van der Waals surface area (Å²) in [5.74, 6) is 0. The molecule has 2 atom stereocenters. The molecule has 2 rings (SSSR count). The molecule has 4 N–H and O–H groups in total. The predicted octanol–water partition coefficient (Wildman–Crippen LogP) is -2.02.